The maximum Gasteiger partial charge on any atom is 0.173 e. The second-order valence-corrected chi connectivity index (χ2v) is 1.45. The largest absolute Gasteiger partial charge is 0.293 e. The van der Waals surface area contributed by atoms with E-state index in [0.717, 1.165) is 0 Å². The van der Waals surface area contributed by atoms with E-state index in [1.165, 1.54) is 6.21 Å². The van der Waals surface area contributed by atoms with Crippen molar-refractivity contribution in [1.29, 1.82) is 0 Å². The summed E-state index contributed by atoms with van der Waals surface area (Å²) in [7, 11) is 0. The molecular formula is C6H11NO. The summed E-state index contributed by atoms with van der Waals surface area (Å²) in [5, 5.41) is 0. The molecule has 0 aromatic carbocycles. The summed E-state index contributed by atoms with van der Waals surface area (Å²) < 4.78 is 0. The van der Waals surface area contributed by atoms with Crippen LogP contribution in [-0.2, 0) is 4.79 Å². The van der Waals surface area contributed by atoms with Gasteiger partial charge in [-0.05, 0) is 6.92 Å². The molecule has 0 fully saturated rings. The van der Waals surface area contributed by atoms with Crippen molar-refractivity contribution in [1.82, 2.24) is 0 Å². The number of hydrogen-bond donors (Lipinski definition) is 0. The first kappa shape index (κ1) is 7.34. The molecular weight excluding hydrogens is 102 g/mol. The number of nitrogens with zero attached hydrogens (tertiary/aromatic N) is 1. The summed E-state index contributed by atoms with van der Waals surface area (Å²) in [4.78, 5) is 14.2. The van der Waals surface area contributed by atoms with Gasteiger partial charge in [0.25, 0.3) is 0 Å². The minimum absolute atomic E-state index is 0.104. The Morgan fingerprint density at radius 2 is 2.25 bits per heavy atom. The lowest BCUT2D eigenvalue weighted by Gasteiger charge is -1.80. The van der Waals surface area contributed by atoms with Gasteiger partial charge in [-0.15, -0.1) is 0 Å². The molecule has 2 heteroatoms. The minimum atomic E-state index is 0.104. The third-order valence-electron chi connectivity index (χ3n) is 0.766. The zero-order valence-electron chi connectivity index (χ0n) is 5.35. The van der Waals surface area contributed by atoms with Gasteiger partial charge in [-0.25, -0.2) is 0 Å². The van der Waals surface area contributed by atoms with E-state index in [9.17, 15) is 4.79 Å². The van der Waals surface area contributed by atoms with Crippen molar-refractivity contribution >= 4 is 12.0 Å². The van der Waals surface area contributed by atoms with E-state index in [0.29, 0.717) is 13.0 Å². The predicted molar refractivity (Wildman–Crippen MR) is 34.3 cm³/mol. The van der Waals surface area contributed by atoms with E-state index in [1.807, 2.05) is 13.8 Å². The molecule has 8 heavy (non-hydrogen) atoms. The van der Waals surface area contributed by atoms with Crippen LogP contribution in [0.3, 0.4) is 0 Å². The third-order valence-corrected chi connectivity index (χ3v) is 0.766. The molecule has 46 valence electrons. The number of rotatable bonds is 3. The zero-order chi connectivity index (χ0) is 6.41. The highest BCUT2D eigenvalue weighted by Gasteiger charge is 1.86. The number of Topliss-reactive ketones (excluding diaryl/α,β-unsaturated/α-hetero) is 1. The smallest absolute Gasteiger partial charge is 0.173 e. The number of carbonyl (C=O) groups is 1. The Hall–Kier alpha value is -0.660. The van der Waals surface area contributed by atoms with Gasteiger partial charge in [0, 0.05) is 13.0 Å². The fourth-order valence-electron chi connectivity index (χ4n) is 0.284. The minimum Gasteiger partial charge on any atom is -0.293 e. The van der Waals surface area contributed by atoms with Gasteiger partial charge in [0.05, 0.1) is 6.21 Å². The first-order valence-corrected chi connectivity index (χ1v) is 2.83. The van der Waals surface area contributed by atoms with E-state index in [1.54, 1.807) is 0 Å². The number of hydrogen-bond acceptors (Lipinski definition) is 2. The average molecular weight is 113 g/mol. The fraction of sp³-hybridized carbons (Fsp3) is 0.667. The van der Waals surface area contributed by atoms with Crippen molar-refractivity contribution in [3.05, 3.63) is 0 Å². The van der Waals surface area contributed by atoms with Gasteiger partial charge < -0.3 is 0 Å². The summed E-state index contributed by atoms with van der Waals surface area (Å²) in [6.07, 6.45) is 1.95. The first-order valence-electron chi connectivity index (χ1n) is 2.83. The molecule has 0 rings (SSSR count). The lowest BCUT2D eigenvalue weighted by atomic mass is 10.3. The maximum absolute atomic E-state index is 10.4. The normalized spacial score (nSPS) is 10.2. The van der Waals surface area contributed by atoms with E-state index in [-0.39, 0.29) is 5.78 Å². The molecule has 0 N–H and O–H groups in total. The summed E-state index contributed by atoms with van der Waals surface area (Å²) in [5.41, 5.74) is 0. The highest BCUT2D eigenvalue weighted by molar-refractivity contribution is 6.27. The van der Waals surface area contributed by atoms with Gasteiger partial charge in [-0.2, -0.15) is 0 Å². The quantitative estimate of drug-likeness (QED) is 0.503. The van der Waals surface area contributed by atoms with Crippen LogP contribution in [-0.4, -0.2) is 18.5 Å². The maximum atomic E-state index is 10.4. The third kappa shape index (κ3) is 3.53. The monoisotopic (exact) mass is 113 g/mol. The number of aliphatic imine (C=N–C) groups is 1. The number of ketones is 1. The number of carbonyl (C=O) groups excluding carboxylic acids is 1. The molecule has 0 aliphatic heterocycles. The SMILES string of the molecule is CC/N=C/C(=O)CC. The molecule has 0 aliphatic rings. The van der Waals surface area contributed by atoms with Crippen LogP contribution in [0.4, 0.5) is 0 Å². The van der Waals surface area contributed by atoms with Crippen LogP contribution >= 0.6 is 0 Å². The van der Waals surface area contributed by atoms with E-state index >= 15 is 0 Å². The Morgan fingerprint density at radius 3 is 2.62 bits per heavy atom. The van der Waals surface area contributed by atoms with Crippen LogP contribution in [0.15, 0.2) is 4.99 Å². The van der Waals surface area contributed by atoms with Crippen molar-refractivity contribution in [3.8, 4) is 0 Å². The topological polar surface area (TPSA) is 29.4 Å². The summed E-state index contributed by atoms with van der Waals surface area (Å²) in [5.74, 6) is 0.104. The van der Waals surface area contributed by atoms with Crippen LogP contribution in [0, 0.1) is 0 Å². The van der Waals surface area contributed by atoms with Gasteiger partial charge in [0.2, 0.25) is 0 Å². The van der Waals surface area contributed by atoms with Crippen LogP contribution in [0.2, 0.25) is 0 Å². The van der Waals surface area contributed by atoms with E-state index in [2.05, 4.69) is 4.99 Å². The Kier molecular flexibility index (Phi) is 4.13. The summed E-state index contributed by atoms with van der Waals surface area (Å²) >= 11 is 0. The highest BCUT2D eigenvalue weighted by atomic mass is 16.1. The molecule has 0 radical (unpaired) electrons. The average Bonchev–Trinajstić information content (AvgIpc) is 1.83. The van der Waals surface area contributed by atoms with Crippen LogP contribution in [0.1, 0.15) is 20.3 Å². The van der Waals surface area contributed by atoms with Crippen molar-refractivity contribution < 1.29 is 4.79 Å². The lowest BCUT2D eigenvalue weighted by Crippen LogP contribution is -1.95. The van der Waals surface area contributed by atoms with E-state index < -0.39 is 0 Å². The standard InChI is InChI=1S/C6H11NO/c1-3-6(8)5-7-4-2/h5H,3-4H2,1-2H3/b7-5+. The second-order valence-electron chi connectivity index (χ2n) is 1.45. The Balaban J connectivity index is 3.37. The molecule has 0 bridgehead atoms. The van der Waals surface area contributed by atoms with Gasteiger partial charge >= 0.3 is 0 Å². The molecule has 0 heterocycles. The molecule has 0 saturated carbocycles. The molecule has 0 atom stereocenters. The first-order chi connectivity index (χ1) is 3.81. The van der Waals surface area contributed by atoms with Crippen LogP contribution < -0.4 is 0 Å². The Labute approximate surface area is 49.6 Å². The predicted octanol–water partition coefficient (Wildman–Crippen LogP) is 1.06. The highest BCUT2D eigenvalue weighted by Crippen LogP contribution is 1.74. The van der Waals surface area contributed by atoms with Gasteiger partial charge in [0.15, 0.2) is 5.78 Å². The molecule has 0 aromatic rings. The lowest BCUT2D eigenvalue weighted by molar-refractivity contribution is -0.112. The van der Waals surface area contributed by atoms with Crippen molar-refractivity contribution in [2.24, 2.45) is 4.99 Å². The molecule has 0 amide bonds. The molecule has 0 unspecified atom stereocenters. The van der Waals surface area contributed by atoms with Gasteiger partial charge in [0.1, 0.15) is 0 Å². The molecule has 0 aromatic heterocycles. The fourth-order valence-corrected chi connectivity index (χ4v) is 0.284. The van der Waals surface area contributed by atoms with Crippen molar-refractivity contribution in [2.45, 2.75) is 20.3 Å². The van der Waals surface area contributed by atoms with E-state index in [4.69, 9.17) is 0 Å². The zero-order valence-corrected chi connectivity index (χ0v) is 5.35. The van der Waals surface area contributed by atoms with Crippen molar-refractivity contribution in [3.63, 3.8) is 0 Å². The summed E-state index contributed by atoms with van der Waals surface area (Å²) in [6.45, 7) is 4.43. The van der Waals surface area contributed by atoms with Gasteiger partial charge in [-0.1, -0.05) is 6.92 Å². The molecule has 0 saturated heterocycles. The second kappa shape index (κ2) is 4.50. The summed E-state index contributed by atoms with van der Waals surface area (Å²) in [6, 6.07) is 0. The van der Waals surface area contributed by atoms with Crippen LogP contribution in [0.5, 0.6) is 0 Å². The van der Waals surface area contributed by atoms with Gasteiger partial charge in [-0.3, -0.25) is 9.79 Å². The molecule has 2 nitrogen and oxygen atoms in total. The van der Waals surface area contributed by atoms with Crippen LogP contribution in [0.25, 0.3) is 0 Å². The van der Waals surface area contributed by atoms with Crippen molar-refractivity contribution in [2.75, 3.05) is 6.54 Å². The Morgan fingerprint density at radius 1 is 1.62 bits per heavy atom. The molecule has 0 aliphatic carbocycles. The molecule has 0 spiro atoms. The Bertz CT molecular complexity index is 96.7.